The number of benzene rings is 1. The van der Waals surface area contributed by atoms with E-state index in [4.69, 9.17) is 19.9 Å². The Balaban J connectivity index is 2.48. The highest BCUT2D eigenvalue weighted by Gasteiger charge is 2.24. The van der Waals surface area contributed by atoms with Gasteiger partial charge < -0.3 is 24.5 Å². The zero-order valence-corrected chi connectivity index (χ0v) is 14.3. The van der Waals surface area contributed by atoms with Crippen LogP contribution in [0.25, 0.3) is 5.57 Å². The van der Waals surface area contributed by atoms with E-state index in [1.165, 1.54) is 14.2 Å². The maximum absolute atomic E-state index is 12.0. The van der Waals surface area contributed by atoms with Gasteiger partial charge >= 0.3 is 11.9 Å². The molecule has 0 atom stereocenters. The molecule has 2 N–H and O–H groups in total. The number of methoxy groups -OCH3 is 3. The van der Waals surface area contributed by atoms with Crippen molar-refractivity contribution in [2.75, 3.05) is 21.3 Å². The third kappa shape index (κ3) is 3.82. The summed E-state index contributed by atoms with van der Waals surface area (Å²) >= 11 is 0. The molecule has 1 aromatic heterocycles. The van der Waals surface area contributed by atoms with Gasteiger partial charge in [-0.3, -0.25) is 0 Å². The lowest BCUT2D eigenvalue weighted by atomic mass is 10.1. The third-order valence-electron chi connectivity index (χ3n) is 3.71. The molecular formula is C18H20N2O5. The number of aromatic nitrogens is 1. The van der Waals surface area contributed by atoms with Crippen molar-refractivity contribution in [2.24, 2.45) is 5.73 Å². The van der Waals surface area contributed by atoms with Crippen LogP contribution in [0.3, 0.4) is 0 Å². The Labute approximate surface area is 145 Å². The van der Waals surface area contributed by atoms with Crippen molar-refractivity contribution in [3.63, 3.8) is 0 Å². The monoisotopic (exact) mass is 344 g/mol. The summed E-state index contributed by atoms with van der Waals surface area (Å²) in [6, 6.07) is 9.03. The largest absolute Gasteiger partial charge is 0.497 e. The highest BCUT2D eigenvalue weighted by atomic mass is 16.5. The van der Waals surface area contributed by atoms with Crippen molar-refractivity contribution >= 4 is 17.5 Å². The molecule has 0 unspecified atom stereocenters. The molecule has 0 fully saturated rings. The van der Waals surface area contributed by atoms with Gasteiger partial charge in [0, 0.05) is 18.9 Å². The first-order valence-corrected chi connectivity index (χ1v) is 7.46. The zero-order chi connectivity index (χ0) is 18.4. The van der Waals surface area contributed by atoms with Gasteiger partial charge in [-0.2, -0.15) is 0 Å². The average molecular weight is 344 g/mol. The van der Waals surface area contributed by atoms with Crippen molar-refractivity contribution < 1.29 is 23.8 Å². The number of esters is 2. The van der Waals surface area contributed by atoms with E-state index in [-0.39, 0.29) is 11.1 Å². The van der Waals surface area contributed by atoms with Gasteiger partial charge in [0.25, 0.3) is 0 Å². The van der Waals surface area contributed by atoms with Crippen LogP contribution < -0.4 is 10.5 Å². The van der Waals surface area contributed by atoms with Crippen LogP contribution in [-0.4, -0.2) is 37.8 Å². The number of carbonyl (C=O) groups excluding carboxylic acids is 2. The summed E-state index contributed by atoms with van der Waals surface area (Å²) in [5.74, 6) is -0.460. The van der Waals surface area contributed by atoms with E-state index in [0.717, 1.165) is 17.5 Å². The Morgan fingerprint density at radius 2 is 1.76 bits per heavy atom. The Hall–Kier alpha value is -3.22. The lowest BCUT2D eigenvalue weighted by Crippen LogP contribution is -2.15. The van der Waals surface area contributed by atoms with Crippen molar-refractivity contribution in [3.8, 4) is 5.75 Å². The van der Waals surface area contributed by atoms with Crippen LogP contribution in [0.5, 0.6) is 5.75 Å². The number of nitrogens with zero attached hydrogens (tertiary/aromatic N) is 1. The molecule has 132 valence electrons. The van der Waals surface area contributed by atoms with Crippen molar-refractivity contribution in [1.29, 1.82) is 0 Å². The summed E-state index contributed by atoms with van der Waals surface area (Å²) in [5.41, 5.74) is 7.22. The molecule has 0 aliphatic heterocycles. The molecular weight excluding hydrogens is 324 g/mol. The summed E-state index contributed by atoms with van der Waals surface area (Å²) in [4.78, 5) is 24.1. The van der Waals surface area contributed by atoms with Crippen LogP contribution in [0.15, 0.2) is 42.7 Å². The molecule has 0 radical (unpaired) electrons. The van der Waals surface area contributed by atoms with Gasteiger partial charge in [-0.25, -0.2) is 9.59 Å². The molecule has 0 saturated heterocycles. The minimum atomic E-state index is -0.637. The van der Waals surface area contributed by atoms with Gasteiger partial charge in [-0.1, -0.05) is 12.1 Å². The molecule has 0 aliphatic rings. The third-order valence-corrected chi connectivity index (χ3v) is 3.71. The molecule has 0 saturated carbocycles. The van der Waals surface area contributed by atoms with Crippen molar-refractivity contribution in [3.05, 3.63) is 59.5 Å². The van der Waals surface area contributed by atoms with Gasteiger partial charge in [0.1, 0.15) is 5.75 Å². The van der Waals surface area contributed by atoms with Gasteiger partial charge in [0.2, 0.25) is 0 Å². The van der Waals surface area contributed by atoms with Gasteiger partial charge in [0.15, 0.2) is 0 Å². The molecule has 2 rings (SSSR count). The van der Waals surface area contributed by atoms with Crippen molar-refractivity contribution in [2.45, 2.75) is 6.54 Å². The minimum absolute atomic E-state index is 0.0846. The lowest BCUT2D eigenvalue weighted by Gasteiger charge is -2.13. The van der Waals surface area contributed by atoms with E-state index >= 15 is 0 Å². The lowest BCUT2D eigenvalue weighted by molar-refractivity contribution is -0.133. The first kappa shape index (κ1) is 18.1. The number of nitrogens with two attached hydrogens (primary N) is 1. The second-order valence-electron chi connectivity index (χ2n) is 5.12. The summed E-state index contributed by atoms with van der Waals surface area (Å²) in [6.45, 7) is 0.421. The summed E-state index contributed by atoms with van der Waals surface area (Å²) < 4.78 is 16.4. The molecule has 0 aliphatic carbocycles. The van der Waals surface area contributed by atoms with Gasteiger partial charge in [-0.05, 0) is 23.8 Å². The summed E-state index contributed by atoms with van der Waals surface area (Å²) in [5, 5.41) is 0. The number of rotatable bonds is 6. The molecule has 1 heterocycles. The zero-order valence-electron chi connectivity index (χ0n) is 14.3. The predicted octanol–water partition coefficient (Wildman–Crippen LogP) is 1.80. The second kappa shape index (κ2) is 8.05. The number of hydrogen-bond acceptors (Lipinski definition) is 6. The minimum Gasteiger partial charge on any atom is -0.497 e. The Morgan fingerprint density at radius 1 is 1.08 bits per heavy atom. The Bertz CT molecular complexity index is 790. The van der Waals surface area contributed by atoms with Gasteiger partial charge in [-0.15, -0.1) is 0 Å². The van der Waals surface area contributed by atoms with Crippen LogP contribution in [0, 0.1) is 0 Å². The van der Waals surface area contributed by atoms with E-state index in [1.54, 1.807) is 23.9 Å². The van der Waals surface area contributed by atoms with E-state index in [0.29, 0.717) is 12.2 Å². The molecule has 25 heavy (non-hydrogen) atoms. The molecule has 0 bridgehead atoms. The predicted molar refractivity (Wildman–Crippen MR) is 92.0 cm³/mol. The Morgan fingerprint density at radius 3 is 2.28 bits per heavy atom. The SMILES string of the molecule is COC(=O)/C(=C/N)c1c(C(=O)OC)ccn1Cc1ccc(OC)cc1. The second-order valence-corrected chi connectivity index (χ2v) is 5.12. The number of carbonyl (C=O) groups is 2. The molecule has 1 aromatic carbocycles. The smallest absolute Gasteiger partial charge is 0.341 e. The van der Waals surface area contributed by atoms with E-state index in [9.17, 15) is 9.59 Å². The topological polar surface area (TPSA) is 92.8 Å². The fourth-order valence-electron chi connectivity index (χ4n) is 2.46. The molecule has 0 spiro atoms. The molecule has 0 amide bonds. The van der Waals surface area contributed by atoms with E-state index < -0.39 is 11.9 Å². The average Bonchev–Trinajstić information content (AvgIpc) is 3.05. The Kier molecular flexibility index (Phi) is 5.84. The van der Waals surface area contributed by atoms with Crippen LogP contribution in [0.4, 0.5) is 0 Å². The molecule has 7 nitrogen and oxygen atoms in total. The van der Waals surface area contributed by atoms with Crippen LogP contribution in [-0.2, 0) is 20.8 Å². The highest BCUT2D eigenvalue weighted by Crippen LogP contribution is 2.24. The number of hydrogen-bond donors (Lipinski definition) is 1. The van der Waals surface area contributed by atoms with Crippen LogP contribution in [0.1, 0.15) is 21.6 Å². The maximum atomic E-state index is 12.0. The molecule has 2 aromatic rings. The van der Waals surface area contributed by atoms with Crippen LogP contribution in [0.2, 0.25) is 0 Å². The standard InChI is InChI=1S/C18H20N2O5/c1-23-13-6-4-12(5-7-13)11-20-9-8-14(17(21)24-2)16(20)15(10-19)18(22)25-3/h4-10H,11,19H2,1-3H3/b15-10+. The van der Waals surface area contributed by atoms with Crippen molar-refractivity contribution in [1.82, 2.24) is 4.57 Å². The van der Waals surface area contributed by atoms with E-state index in [2.05, 4.69) is 0 Å². The first-order chi connectivity index (χ1) is 12.0. The summed E-state index contributed by atoms with van der Waals surface area (Å²) in [6.07, 6.45) is 2.82. The van der Waals surface area contributed by atoms with E-state index in [1.807, 2.05) is 24.3 Å². The summed E-state index contributed by atoms with van der Waals surface area (Å²) in [7, 11) is 4.12. The fraction of sp³-hybridized carbons (Fsp3) is 0.222. The number of ether oxygens (including phenoxy) is 3. The van der Waals surface area contributed by atoms with Crippen LogP contribution >= 0.6 is 0 Å². The normalized spacial score (nSPS) is 11.1. The maximum Gasteiger partial charge on any atom is 0.341 e. The quantitative estimate of drug-likeness (QED) is 0.634. The molecule has 7 heteroatoms. The fourth-order valence-corrected chi connectivity index (χ4v) is 2.46. The highest BCUT2D eigenvalue weighted by molar-refractivity contribution is 6.18. The first-order valence-electron chi connectivity index (χ1n) is 7.46. The van der Waals surface area contributed by atoms with Gasteiger partial charge in [0.05, 0.1) is 38.2 Å².